The third-order valence-corrected chi connectivity index (χ3v) is 3.52. The lowest BCUT2D eigenvalue weighted by Gasteiger charge is -2.39. The van der Waals surface area contributed by atoms with Crippen LogP contribution in [0, 0.1) is 0 Å². The number of hydrogen-bond acceptors (Lipinski definition) is 10. The molecular weight excluding hydrogens is 304 g/mol. The summed E-state index contributed by atoms with van der Waals surface area (Å²) < 4.78 is 15.2. The molecule has 22 heavy (non-hydrogen) atoms. The Morgan fingerprint density at radius 1 is 1.05 bits per heavy atom. The molecule has 2 heterocycles. The smallest absolute Gasteiger partial charge is 0.229 e. The number of aliphatic hydroxyl groups is 7. The van der Waals surface area contributed by atoms with Gasteiger partial charge in [0.1, 0.15) is 36.6 Å². The minimum Gasteiger partial charge on any atom is -0.461 e. The zero-order chi connectivity index (χ0) is 16.4. The van der Waals surface area contributed by atoms with Crippen molar-refractivity contribution in [2.24, 2.45) is 0 Å². The highest BCUT2D eigenvalue weighted by Crippen LogP contribution is 2.28. The van der Waals surface area contributed by atoms with E-state index in [1.807, 2.05) is 0 Å². The standard InChI is InChI=1S/C12H20O10/c13-2-4(15)5-1-6(11(19)20-5)21-12-10(18)9(17)8(16)7(3-14)22-12/h1,4-5,7-19H,2-3H2/t4-,5-,7-,8-,9+,10-,11?,12+/m1/s1. The van der Waals surface area contributed by atoms with Gasteiger partial charge >= 0.3 is 0 Å². The van der Waals surface area contributed by atoms with Gasteiger partial charge in [-0.2, -0.15) is 0 Å². The van der Waals surface area contributed by atoms with Gasteiger partial charge in [0.25, 0.3) is 0 Å². The molecule has 10 heteroatoms. The Labute approximate surface area is 125 Å². The third-order valence-electron chi connectivity index (χ3n) is 3.52. The summed E-state index contributed by atoms with van der Waals surface area (Å²) in [5.41, 5.74) is 0. The quantitative estimate of drug-likeness (QED) is 0.263. The van der Waals surface area contributed by atoms with Gasteiger partial charge in [0.2, 0.25) is 12.6 Å². The molecule has 0 aromatic rings. The fourth-order valence-electron chi connectivity index (χ4n) is 2.20. The van der Waals surface area contributed by atoms with E-state index in [-0.39, 0.29) is 5.76 Å². The lowest BCUT2D eigenvalue weighted by Crippen LogP contribution is -2.59. The molecule has 0 aliphatic carbocycles. The average molecular weight is 324 g/mol. The number of rotatable bonds is 5. The first kappa shape index (κ1) is 17.5. The van der Waals surface area contributed by atoms with Crippen molar-refractivity contribution in [1.82, 2.24) is 0 Å². The van der Waals surface area contributed by atoms with Crippen molar-refractivity contribution in [3.05, 3.63) is 11.8 Å². The van der Waals surface area contributed by atoms with E-state index in [0.717, 1.165) is 0 Å². The largest absolute Gasteiger partial charge is 0.461 e. The topological polar surface area (TPSA) is 169 Å². The van der Waals surface area contributed by atoms with Crippen molar-refractivity contribution in [3.63, 3.8) is 0 Å². The average Bonchev–Trinajstić information content (AvgIpc) is 2.88. The van der Waals surface area contributed by atoms with Crippen LogP contribution in [-0.4, -0.2) is 98.2 Å². The van der Waals surface area contributed by atoms with Crippen LogP contribution in [0.15, 0.2) is 11.8 Å². The van der Waals surface area contributed by atoms with Crippen LogP contribution in [0.3, 0.4) is 0 Å². The molecule has 0 amide bonds. The van der Waals surface area contributed by atoms with Gasteiger partial charge < -0.3 is 50.0 Å². The Bertz CT molecular complexity index is 399. The van der Waals surface area contributed by atoms with E-state index in [4.69, 9.17) is 24.4 Å². The highest BCUT2D eigenvalue weighted by Gasteiger charge is 2.46. The van der Waals surface area contributed by atoms with Gasteiger partial charge in [-0.25, -0.2) is 0 Å². The minimum absolute atomic E-state index is 0.193. The van der Waals surface area contributed by atoms with E-state index in [0.29, 0.717) is 0 Å². The molecule has 1 saturated heterocycles. The molecule has 8 atom stereocenters. The van der Waals surface area contributed by atoms with Gasteiger partial charge in [-0.15, -0.1) is 0 Å². The molecule has 1 unspecified atom stereocenters. The van der Waals surface area contributed by atoms with E-state index in [9.17, 15) is 25.5 Å². The van der Waals surface area contributed by atoms with E-state index < -0.39 is 62.4 Å². The third kappa shape index (κ3) is 3.40. The van der Waals surface area contributed by atoms with Gasteiger partial charge in [-0.1, -0.05) is 0 Å². The fourth-order valence-corrected chi connectivity index (χ4v) is 2.20. The molecule has 0 aromatic carbocycles. The van der Waals surface area contributed by atoms with Gasteiger partial charge in [0.05, 0.1) is 13.2 Å². The van der Waals surface area contributed by atoms with Gasteiger partial charge in [0.15, 0.2) is 5.76 Å². The zero-order valence-corrected chi connectivity index (χ0v) is 11.5. The SMILES string of the molecule is OC[C@@H](O)[C@H]1C=C(O[C@H]2O[C@H](CO)[C@@H](O)[C@H](O)[C@H]2O)C(O)O1. The van der Waals surface area contributed by atoms with Crippen molar-refractivity contribution in [2.45, 2.75) is 49.2 Å². The summed E-state index contributed by atoms with van der Waals surface area (Å²) in [6.07, 6.45) is -10.0. The second-order valence-electron chi connectivity index (χ2n) is 5.09. The second-order valence-corrected chi connectivity index (χ2v) is 5.09. The highest BCUT2D eigenvalue weighted by molar-refractivity contribution is 5.09. The minimum atomic E-state index is -1.63. The molecule has 10 nitrogen and oxygen atoms in total. The molecule has 0 bridgehead atoms. The fraction of sp³-hybridized carbons (Fsp3) is 0.833. The first-order valence-corrected chi connectivity index (χ1v) is 6.70. The summed E-state index contributed by atoms with van der Waals surface area (Å²) in [5, 5.41) is 66.0. The highest BCUT2D eigenvalue weighted by atomic mass is 16.7. The van der Waals surface area contributed by atoms with Gasteiger partial charge in [0, 0.05) is 0 Å². The molecule has 1 fully saturated rings. The van der Waals surface area contributed by atoms with Crippen LogP contribution in [0.5, 0.6) is 0 Å². The van der Waals surface area contributed by atoms with Crippen molar-refractivity contribution in [1.29, 1.82) is 0 Å². The predicted molar refractivity (Wildman–Crippen MR) is 66.9 cm³/mol. The first-order chi connectivity index (χ1) is 10.4. The summed E-state index contributed by atoms with van der Waals surface area (Å²) in [6, 6.07) is 0. The molecule has 2 aliphatic rings. The van der Waals surface area contributed by atoms with Crippen molar-refractivity contribution < 1.29 is 50.0 Å². The monoisotopic (exact) mass is 324 g/mol. The van der Waals surface area contributed by atoms with E-state index >= 15 is 0 Å². The van der Waals surface area contributed by atoms with Crippen LogP contribution in [0.1, 0.15) is 0 Å². The van der Waals surface area contributed by atoms with Crippen LogP contribution in [0.25, 0.3) is 0 Å². The van der Waals surface area contributed by atoms with Gasteiger partial charge in [-0.05, 0) is 6.08 Å². The second kappa shape index (κ2) is 7.17. The molecule has 0 aromatic heterocycles. The maximum atomic E-state index is 9.81. The Balaban J connectivity index is 2.05. The van der Waals surface area contributed by atoms with E-state index in [2.05, 4.69) is 0 Å². The predicted octanol–water partition coefficient (Wildman–Crippen LogP) is -4.24. The molecule has 7 N–H and O–H groups in total. The summed E-state index contributed by atoms with van der Waals surface area (Å²) in [6.45, 7) is -1.21. The van der Waals surface area contributed by atoms with Crippen LogP contribution in [0.4, 0.5) is 0 Å². The Hall–Kier alpha value is -0.820. The van der Waals surface area contributed by atoms with Crippen LogP contribution in [0.2, 0.25) is 0 Å². The number of hydrogen-bond donors (Lipinski definition) is 7. The van der Waals surface area contributed by atoms with Crippen LogP contribution < -0.4 is 0 Å². The van der Waals surface area contributed by atoms with Crippen molar-refractivity contribution >= 4 is 0 Å². The Kier molecular flexibility index (Phi) is 5.71. The van der Waals surface area contributed by atoms with Gasteiger partial charge in [-0.3, -0.25) is 0 Å². The molecule has 128 valence electrons. The summed E-state index contributed by atoms with van der Waals surface area (Å²) in [5.74, 6) is -0.193. The summed E-state index contributed by atoms with van der Waals surface area (Å²) in [4.78, 5) is 0. The molecule has 2 aliphatic heterocycles. The molecule has 2 rings (SSSR count). The molecule has 0 spiro atoms. The molecule has 0 saturated carbocycles. The van der Waals surface area contributed by atoms with Crippen LogP contribution in [-0.2, 0) is 14.2 Å². The number of aliphatic hydroxyl groups excluding tert-OH is 7. The number of ether oxygens (including phenoxy) is 3. The summed E-state index contributed by atoms with van der Waals surface area (Å²) >= 11 is 0. The normalized spacial score (nSPS) is 43.8. The molecular formula is C12H20O10. The van der Waals surface area contributed by atoms with Crippen molar-refractivity contribution in [2.75, 3.05) is 13.2 Å². The first-order valence-electron chi connectivity index (χ1n) is 6.70. The summed E-state index contributed by atoms with van der Waals surface area (Å²) in [7, 11) is 0. The maximum absolute atomic E-state index is 9.81. The Morgan fingerprint density at radius 2 is 1.73 bits per heavy atom. The molecule has 0 radical (unpaired) electrons. The van der Waals surface area contributed by atoms with E-state index in [1.54, 1.807) is 0 Å². The van der Waals surface area contributed by atoms with Crippen molar-refractivity contribution in [3.8, 4) is 0 Å². The lowest BCUT2D eigenvalue weighted by atomic mass is 9.99. The maximum Gasteiger partial charge on any atom is 0.229 e. The van der Waals surface area contributed by atoms with Crippen LogP contribution >= 0.6 is 0 Å². The zero-order valence-electron chi connectivity index (χ0n) is 11.5. The lowest BCUT2D eigenvalue weighted by molar-refractivity contribution is -0.296. The Morgan fingerprint density at radius 3 is 2.32 bits per heavy atom. The van der Waals surface area contributed by atoms with E-state index in [1.165, 1.54) is 6.08 Å².